The van der Waals surface area contributed by atoms with Gasteiger partial charge in [-0.05, 0) is 11.5 Å². The summed E-state index contributed by atoms with van der Waals surface area (Å²) in [6, 6.07) is 10.2. The summed E-state index contributed by atoms with van der Waals surface area (Å²) < 4.78 is 1.68. The number of halogens is 1. The zero-order chi connectivity index (χ0) is 8.39. The third-order valence-corrected chi connectivity index (χ3v) is 1.87. The zero-order valence-corrected chi connectivity index (χ0v) is 8.03. The molecule has 0 unspecified atom stereocenters. The number of aromatic nitrogens is 1. The second kappa shape index (κ2) is 4.10. The number of hydrogen-bond donors (Lipinski definition) is 0. The normalized spacial score (nSPS) is 9.31. The summed E-state index contributed by atoms with van der Waals surface area (Å²) in [5, 5.41) is 2.41. The van der Waals surface area contributed by atoms with Crippen LogP contribution in [0.2, 0.25) is 0 Å². The fourth-order valence-electron chi connectivity index (χ4n) is 1.23. The molecule has 0 atom stereocenters. The highest BCUT2D eigenvalue weighted by Crippen LogP contribution is 2.08. The monoisotopic (exact) mass is 195 g/mol. The van der Waals surface area contributed by atoms with E-state index in [1.807, 2.05) is 30.6 Å². The van der Waals surface area contributed by atoms with Gasteiger partial charge in [0.2, 0.25) is 12.4 Å². The predicted molar refractivity (Wildman–Crippen MR) is 46.6 cm³/mol. The summed E-state index contributed by atoms with van der Waals surface area (Å²) in [5.41, 5.74) is 0. The molecular weight excluding hydrogens is 186 g/mol. The van der Waals surface area contributed by atoms with E-state index in [-0.39, 0.29) is 12.4 Å². The first-order valence-electron chi connectivity index (χ1n) is 3.85. The third-order valence-electron chi connectivity index (χ3n) is 1.87. The Morgan fingerprint density at radius 3 is 2.46 bits per heavy atom. The molecule has 0 aliphatic heterocycles. The lowest BCUT2D eigenvalue weighted by Crippen LogP contribution is -3.00. The van der Waals surface area contributed by atoms with Crippen LogP contribution in [0.5, 0.6) is 0 Å². The Labute approximate surface area is 83.1 Å². The van der Waals surface area contributed by atoms with Crippen LogP contribution in [0.1, 0.15) is 0 Å². The molecule has 0 saturated heterocycles. The predicted octanol–water partition coefficient (Wildman–Crippen LogP) is -1.81. The Hall–Kier alpha value is -1.28. The van der Waals surface area contributed by atoms with Crippen LogP contribution in [0.25, 0.3) is 10.8 Å². The number of fused-ring (bicyclic) bond motifs is 1. The smallest absolute Gasteiger partial charge is 0.230 e. The van der Waals surface area contributed by atoms with Crippen molar-refractivity contribution in [1.29, 1.82) is 0 Å². The van der Waals surface area contributed by atoms with E-state index < -0.39 is 0 Å². The van der Waals surface area contributed by atoms with Gasteiger partial charge in [-0.15, -0.1) is 0 Å². The summed E-state index contributed by atoms with van der Waals surface area (Å²) >= 11 is 0. The molecule has 0 amide bonds. The zero-order valence-electron chi connectivity index (χ0n) is 7.27. The van der Waals surface area contributed by atoms with Crippen molar-refractivity contribution in [1.82, 2.24) is 0 Å². The topological polar surface area (TPSA) is 13.1 Å². The maximum atomic E-state index is 5.04. The van der Waals surface area contributed by atoms with Crippen LogP contribution in [0.3, 0.4) is 0 Å². The van der Waals surface area contributed by atoms with E-state index in [2.05, 4.69) is 12.1 Å². The van der Waals surface area contributed by atoms with Crippen molar-refractivity contribution in [2.45, 2.75) is 0 Å². The molecular formula is C10H10ClNO. The average molecular weight is 196 g/mol. The number of hydrogen-bond acceptors (Lipinski definition) is 1. The van der Waals surface area contributed by atoms with Crippen LogP contribution in [-0.2, 0) is 0 Å². The Morgan fingerprint density at radius 1 is 1.08 bits per heavy atom. The lowest BCUT2D eigenvalue weighted by Gasteiger charge is -1.93. The number of nitrogens with zero attached hydrogens (tertiary/aromatic N) is 1. The first kappa shape index (κ1) is 9.81. The van der Waals surface area contributed by atoms with Crippen molar-refractivity contribution in [3.8, 4) is 0 Å². The van der Waals surface area contributed by atoms with Crippen molar-refractivity contribution in [3.05, 3.63) is 42.7 Å². The van der Waals surface area contributed by atoms with Crippen molar-refractivity contribution >= 4 is 10.8 Å². The van der Waals surface area contributed by atoms with Gasteiger partial charge in [-0.25, -0.2) is 0 Å². The molecule has 0 aliphatic carbocycles. The van der Waals surface area contributed by atoms with Gasteiger partial charge < -0.3 is 12.4 Å². The molecule has 13 heavy (non-hydrogen) atoms. The average Bonchev–Trinajstić information content (AvgIpc) is 2.17. The lowest BCUT2D eigenvalue weighted by atomic mass is 10.2. The number of benzene rings is 1. The van der Waals surface area contributed by atoms with Crippen LogP contribution in [0.4, 0.5) is 0 Å². The van der Waals surface area contributed by atoms with E-state index in [1.165, 1.54) is 10.8 Å². The molecule has 0 saturated carbocycles. The number of pyridine rings is 1. The van der Waals surface area contributed by atoms with Crippen LogP contribution in [0, 0.1) is 0 Å². The first-order chi connectivity index (χ1) is 5.90. The summed E-state index contributed by atoms with van der Waals surface area (Å²) in [6.45, 7) is 0. The van der Waals surface area contributed by atoms with Gasteiger partial charge in [0, 0.05) is 10.8 Å². The maximum Gasteiger partial charge on any atom is 0.230 e. The quantitative estimate of drug-likeness (QED) is 0.489. The summed E-state index contributed by atoms with van der Waals surface area (Å²) in [6.07, 6.45) is 3.84. The van der Waals surface area contributed by atoms with Crippen molar-refractivity contribution in [3.63, 3.8) is 0 Å². The van der Waals surface area contributed by atoms with Gasteiger partial charge in [-0.2, -0.15) is 0 Å². The van der Waals surface area contributed by atoms with Crippen LogP contribution >= 0.6 is 0 Å². The second-order valence-electron chi connectivity index (χ2n) is 2.62. The third kappa shape index (κ3) is 1.90. The molecule has 68 valence electrons. The molecule has 2 aromatic rings. The molecule has 0 fully saturated rings. The maximum absolute atomic E-state index is 5.04. The molecule has 0 aliphatic rings. The largest absolute Gasteiger partial charge is 1.00 e. The van der Waals surface area contributed by atoms with Gasteiger partial charge in [0.15, 0.2) is 0 Å². The Balaban J connectivity index is 0.000000845. The van der Waals surface area contributed by atoms with Gasteiger partial charge in [-0.1, -0.05) is 18.2 Å². The van der Waals surface area contributed by atoms with E-state index in [1.54, 1.807) is 11.8 Å². The van der Waals surface area contributed by atoms with E-state index >= 15 is 0 Å². The van der Waals surface area contributed by atoms with Gasteiger partial charge in [0.25, 0.3) is 0 Å². The fourth-order valence-corrected chi connectivity index (χ4v) is 1.23. The summed E-state index contributed by atoms with van der Waals surface area (Å²) in [5.74, 6) is 0. The molecule has 1 heterocycles. The van der Waals surface area contributed by atoms with E-state index in [0.29, 0.717) is 0 Å². The van der Waals surface area contributed by atoms with Crippen LogP contribution < -0.4 is 22.0 Å². The Bertz CT molecular complexity index is 403. The molecule has 2 nitrogen and oxygen atoms in total. The minimum Gasteiger partial charge on any atom is -1.00 e. The van der Waals surface area contributed by atoms with Crippen molar-refractivity contribution in [2.75, 3.05) is 7.11 Å². The van der Waals surface area contributed by atoms with Gasteiger partial charge in [-0.3, -0.25) is 4.84 Å². The lowest BCUT2D eigenvalue weighted by molar-refractivity contribution is -0.884. The minimum absolute atomic E-state index is 0. The molecule has 0 radical (unpaired) electrons. The molecule has 0 N–H and O–H groups in total. The Kier molecular flexibility index (Phi) is 3.09. The molecule has 1 aromatic carbocycles. The van der Waals surface area contributed by atoms with Crippen LogP contribution in [0.15, 0.2) is 42.7 Å². The molecule has 0 spiro atoms. The summed E-state index contributed by atoms with van der Waals surface area (Å²) in [4.78, 5) is 5.04. The highest BCUT2D eigenvalue weighted by Gasteiger charge is 1.99. The van der Waals surface area contributed by atoms with Crippen LogP contribution in [-0.4, -0.2) is 7.11 Å². The molecule has 3 heteroatoms. The van der Waals surface area contributed by atoms with E-state index in [9.17, 15) is 0 Å². The minimum atomic E-state index is 0. The highest BCUT2D eigenvalue weighted by molar-refractivity contribution is 5.80. The van der Waals surface area contributed by atoms with E-state index in [4.69, 9.17) is 4.84 Å². The van der Waals surface area contributed by atoms with E-state index in [0.717, 1.165) is 0 Å². The van der Waals surface area contributed by atoms with Crippen molar-refractivity contribution < 1.29 is 22.0 Å². The molecule has 2 rings (SSSR count). The summed E-state index contributed by atoms with van der Waals surface area (Å²) in [7, 11) is 1.65. The SMILES string of the molecule is CO[n+]1ccc2ccccc2c1.[Cl-]. The molecule has 0 bridgehead atoms. The highest BCUT2D eigenvalue weighted by atomic mass is 35.5. The van der Waals surface area contributed by atoms with Gasteiger partial charge in [0.05, 0.1) is 5.39 Å². The Morgan fingerprint density at radius 2 is 1.77 bits per heavy atom. The van der Waals surface area contributed by atoms with Gasteiger partial charge >= 0.3 is 0 Å². The van der Waals surface area contributed by atoms with Gasteiger partial charge in [0.1, 0.15) is 7.11 Å². The molecule has 1 aromatic heterocycles. The fraction of sp³-hybridized carbons (Fsp3) is 0.100. The first-order valence-corrected chi connectivity index (χ1v) is 3.85. The second-order valence-corrected chi connectivity index (χ2v) is 2.62. The van der Waals surface area contributed by atoms with Crippen molar-refractivity contribution in [2.24, 2.45) is 0 Å². The standard InChI is InChI=1S/C10H10NO.ClH/c1-12-11-7-6-9-4-2-3-5-10(9)8-11;/h2-8H,1H3;1H/q+1;/p-1. The number of rotatable bonds is 1.